The van der Waals surface area contributed by atoms with E-state index in [0.717, 1.165) is 25.0 Å². The van der Waals surface area contributed by atoms with Crippen LogP contribution >= 0.6 is 0 Å². The monoisotopic (exact) mass is 483 g/mol. The van der Waals surface area contributed by atoms with Crippen molar-refractivity contribution in [2.24, 2.45) is 5.92 Å². The topological polar surface area (TPSA) is 77.0 Å². The smallest absolute Gasteiger partial charge is 0.245 e. The van der Waals surface area contributed by atoms with Gasteiger partial charge in [-0.1, -0.05) is 31.1 Å². The molecule has 182 valence electrons. The predicted octanol–water partition coefficient (Wildman–Crippen LogP) is 5.11. The molecular weight excluding hydrogens is 459 g/mol. The number of benzene rings is 2. The maximum Gasteiger partial charge on any atom is 0.245 e. The molecule has 0 N–H and O–H groups in total. The van der Waals surface area contributed by atoms with E-state index in [-0.39, 0.29) is 23.3 Å². The van der Waals surface area contributed by atoms with Crippen LogP contribution in [0.4, 0.5) is 13.2 Å². The maximum absolute atomic E-state index is 14.0. The van der Waals surface area contributed by atoms with Crippen LogP contribution in [-0.2, 0) is 4.79 Å². The van der Waals surface area contributed by atoms with E-state index in [1.165, 1.54) is 18.5 Å². The van der Waals surface area contributed by atoms with Gasteiger partial charge in [0.2, 0.25) is 17.6 Å². The highest BCUT2D eigenvalue weighted by atomic mass is 19.2. The first-order valence-electron chi connectivity index (χ1n) is 11.5. The van der Waals surface area contributed by atoms with E-state index < -0.39 is 23.5 Å². The molecule has 2 aromatic carbocycles. The number of nitrogens with zero attached hydrogens (tertiary/aromatic N) is 5. The summed E-state index contributed by atoms with van der Waals surface area (Å²) in [5.74, 6) is -2.10. The van der Waals surface area contributed by atoms with E-state index >= 15 is 0 Å². The van der Waals surface area contributed by atoms with Gasteiger partial charge in [-0.25, -0.2) is 18.2 Å². The highest BCUT2D eigenvalue weighted by molar-refractivity contribution is 5.84. The molecular formula is C25H24F3N5O2. The van der Waals surface area contributed by atoms with Gasteiger partial charge in [-0.3, -0.25) is 4.79 Å². The number of amides is 1. The number of imidazole rings is 1. The standard InChI is InChI=1S/C25H24F3N5O2/c1-14(2)22(33-13-29-20-10-18(27)19(28)11-21(20)33)25(34)32-8-4-6-16(12-32)24-30-23(31-35-24)15-5-3-7-17(26)9-15/h3,5,7,9-11,13-14,16,22H,4,6,8,12H2,1-2H3. The molecule has 5 rings (SSSR count). The minimum Gasteiger partial charge on any atom is -0.340 e. The fraction of sp³-hybridized carbons (Fsp3) is 0.360. The number of hydrogen-bond donors (Lipinski definition) is 0. The number of carbonyl (C=O) groups excluding carboxylic acids is 1. The molecule has 1 aliphatic rings. The third kappa shape index (κ3) is 4.40. The summed E-state index contributed by atoms with van der Waals surface area (Å²) >= 11 is 0. The molecule has 7 nitrogen and oxygen atoms in total. The number of likely N-dealkylation sites (tertiary alicyclic amines) is 1. The number of fused-ring (bicyclic) bond motifs is 1. The molecule has 0 aliphatic carbocycles. The SMILES string of the molecule is CC(C)C(C(=O)N1CCCC(c2nc(-c3cccc(F)c3)no2)C1)n1cnc2cc(F)c(F)cc21. The molecule has 35 heavy (non-hydrogen) atoms. The molecule has 1 aliphatic heterocycles. The molecule has 2 unspecified atom stereocenters. The van der Waals surface area contributed by atoms with Crippen LogP contribution in [0.2, 0.25) is 0 Å². The van der Waals surface area contributed by atoms with Crippen LogP contribution in [0.15, 0.2) is 47.2 Å². The quantitative estimate of drug-likeness (QED) is 0.394. The second-order valence-corrected chi connectivity index (χ2v) is 9.19. The minimum absolute atomic E-state index is 0.128. The number of hydrogen-bond acceptors (Lipinski definition) is 5. The lowest BCUT2D eigenvalue weighted by atomic mass is 9.95. The highest BCUT2D eigenvalue weighted by Crippen LogP contribution is 2.32. The molecule has 1 fully saturated rings. The molecule has 1 amide bonds. The van der Waals surface area contributed by atoms with Gasteiger partial charge in [-0.15, -0.1) is 0 Å². The average Bonchev–Trinajstić information content (AvgIpc) is 3.48. The van der Waals surface area contributed by atoms with Crippen molar-refractivity contribution in [3.05, 3.63) is 66.1 Å². The number of aromatic nitrogens is 4. The summed E-state index contributed by atoms with van der Waals surface area (Å²) in [5, 5.41) is 3.99. The van der Waals surface area contributed by atoms with Crippen LogP contribution in [0.25, 0.3) is 22.4 Å². The van der Waals surface area contributed by atoms with E-state index in [9.17, 15) is 18.0 Å². The third-order valence-corrected chi connectivity index (χ3v) is 6.41. The van der Waals surface area contributed by atoms with E-state index in [1.54, 1.807) is 21.6 Å². The van der Waals surface area contributed by atoms with Gasteiger partial charge in [0.15, 0.2) is 11.6 Å². The summed E-state index contributed by atoms with van der Waals surface area (Å²) < 4.78 is 48.3. The van der Waals surface area contributed by atoms with E-state index in [0.29, 0.717) is 35.9 Å². The van der Waals surface area contributed by atoms with E-state index in [2.05, 4.69) is 15.1 Å². The second kappa shape index (κ2) is 9.16. The van der Waals surface area contributed by atoms with Crippen molar-refractivity contribution in [2.45, 2.75) is 38.6 Å². The van der Waals surface area contributed by atoms with Crippen molar-refractivity contribution in [3.63, 3.8) is 0 Å². The summed E-state index contributed by atoms with van der Waals surface area (Å²) in [4.78, 5) is 24.1. The van der Waals surface area contributed by atoms with Gasteiger partial charge in [-0.2, -0.15) is 4.98 Å². The Hall–Kier alpha value is -3.69. The molecule has 0 radical (unpaired) electrons. The Morgan fingerprint density at radius 2 is 1.94 bits per heavy atom. The van der Waals surface area contributed by atoms with Crippen molar-refractivity contribution in [2.75, 3.05) is 13.1 Å². The Balaban J connectivity index is 1.39. The first-order chi connectivity index (χ1) is 16.8. The normalized spacial score (nSPS) is 17.3. The molecule has 3 heterocycles. The van der Waals surface area contributed by atoms with Crippen LogP contribution in [-0.4, -0.2) is 43.6 Å². The van der Waals surface area contributed by atoms with Crippen molar-refractivity contribution >= 4 is 16.9 Å². The summed E-state index contributed by atoms with van der Waals surface area (Å²) in [6.07, 6.45) is 2.96. The summed E-state index contributed by atoms with van der Waals surface area (Å²) in [5.41, 5.74) is 1.16. The van der Waals surface area contributed by atoms with Crippen molar-refractivity contribution < 1.29 is 22.5 Å². The molecule has 0 spiro atoms. The fourth-order valence-electron chi connectivity index (χ4n) is 4.68. The maximum atomic E-state index is 14.0. The Labute approximate surface area is 199 Å². The summed E-state index contributed by atoms with van der Waals surface area (Å²) in [7, 11) is 0. The number of halogens is 3. The molecule has 4 aromatic rings. The lowest BCUT2D eigenvalue weighted by Crippen LogP contribution is -2.44. The minimum atomic E-state index is -0.988. The van der Waals surface area contributed by atoms with Crippen LogP contribution in [0, 0.1) is 23.4 Å². The van der Waals surface area contributed by atoms with Gasteiger partial charge in [0.1, 0.15) is 11.9 Å². The largest absolute Gasteiger partial charge is 0.340 e. The Morgan fingerprint density at radius 1 is 1.14 bits per heavy atom. The molecule has 2 atom stereocenters. The molecule has 2 aromatic heterocycles. The van der Waals surface area contributed by atoms with Crippen molar-refractivity contribution in [1.82, 2.24) is 24.6 Å². The van der Waals surface area contributed by atoms with Gasteiger partial charge in [-0.05, 0) is 30.9 Å². The first-order valence-corrected chi connectivity index (χ1v) is 11.5. The second-order valence-electron chi connectivity index (χ2n) is 9.19. The van der Waals surface area contributed by atoms with Crippen LogP contribution in [0.3, 0.4) is 0 Å². The number of rotatable bonds is 5. The number of carbonyl (C=O) groups is 1. The van der Waals surface area contributed by atoms with Gasteiger partial charge in [0.25, 0.3) is 0 Å². The zero-order valence-electron chi connectivity index (χ0n) is 19.3. The zero-order valence-corrected chi connectivity index (χ0v) is 19.3. The Kier molecular flexibility index (Phi) is 6.04. The molecule has 1 saturated heterocycles. The Bertz CT molecular complexity index is 1380. The van der Waals surface area contributed by atoms with Crippen LogP contribution in [0.1, 0.15) is 44.5 Å². The predicted molar refractivity (Wildman–Crippen MR) is 122 cm³/mol. The Morgan fingerprint density at radius 3 is 2.71 bits per heavy atom. The molecule has 0 bridgehead atoms. The molecule has 0 saturated carbocycles. The zero-order chi connectivity index (χ0) is 24.7. The van der Waals surface area contributed by atoms with Crippen LogP contribution in [0.5, 0.6) is 0 Å². The third-order valence-electron chi connectivity index (χ3n) is 6.41. The summed E-state index contributed by atoms with van der Waals surface area (Å²) in [6, 6.07) is 7.42. The van der Waals surface area contributed by atoms with Gasteiger partial charge < -0.3 is 14.0 Å². The van der Waals surface area contributed by atoms with Gasteiger partial charge in [0, 0.05) is 30.8 Å². The van der Waals surface area contributed by atoms with E-state index in [4.69, 9.17) is 4.52 Å². The number of piperidine rings is 1. The van der Waals surface area contributed by atoms with E-state index in [1.807, 2.05) is 13.8 Å². The van der Waals surface area contributed by atoms with Gasteiger partial charge in [0.05, 0.1) is 23.3 Å². The fourth-order valence-corrected chi connectivity index (χ4v) is 4.68. The summed E-state index contributed by atoms with van der Waals surface area (Å²) in [6.45, 7) is 4.74. The first kappa shape index (κ1) is 23.1. The lowest BCUT2D eigenvalue weighted by Gasteiger charge is -2.35. The highest BCUT2D eigenvalue weighted by Gasteiger charge is 2.35. The average molecular weight is 483 g/mol. The van der Waals surface area contributed by atoms with Crippen LogP contribution < -0.4 is 0 Å². The van der Waals surface area contributed by atoms with Crippen molar-refractivity contribution in [1.29, 1.82) is 0 Å². The van der Waals surface area contributed by atoms with Crippen molar-refractivity contribution in [3.8, 4) is 11.4 Å². The van der Waals surface area contributed by atoms with Gasteiger partial charge >= 0.3 is 0 Å². The lowest BCUT2D eigenvalue weighted by molar-refractivity contribution is -0.137. The molecule has 10 heteroatoms.